The lowest BCUT2D eigenvalue weighted by Crippen LogP contribution is -2.26. The van der Waals surface area contributed by atoms with Crippen LogP contribution in [0.1, 0.15) is 37.3 Å². The molecule has 0 saturated carbocycles. The van der Waals surface area contributed by atoms with E-state index in [2.05, 4.69) is 31.3 Å². The number of aromatic amines is 1. The molecule has 202 valence electrons. The van der Waals surface area contributed by atoms with E-state index in [9.17, 15) is 9.59 Å². The SMILES string of the molecule is CCCCC(=O)Nc1ccn(Cc2ccccc2)c(=O)c1NCc1ccc(-c2ccccc2-c2nn[nH]n2)cc1. The van der Waals surface area contributed by atoms with Crippen LogP contribution < -0.4 is 16.2 Å². The fraction of sp³-hybridized carbons (Fsp3) is 0.194. The summed E-state index contributed by atoms with van der Waals surface area (Å²) >= 11 is 0. The first kappa shape index (κ1) is 26.6. The quantitative estimate of drug-likeness (QED) is 0.207. The molecule has 5 rings (SSSR count). The van der Waals surface area contributed by atoms with Gasteiger partial charge in [-0.15, -0.1) is 10.2 Å². The van der Waals surface area contributed by atoms with Gasteiger partial charge in [0.05, 0.1) is 12.2 Å². The summed E-state index contributed by atoms with van der Waals surface area (Å²) in [6.45, 7) is 2.89. The lowest BCUT2D eigenvalue weighted by atomic mass is 9.98. The second-order valence-corrected chi connectivity index (χ2v) is 9.51. The van der Waals surface area contributed by atoms with Crippen LogP contribution in [-0.2, 0) is 17.9 Å². The summed E-state index contributed by atoms with van der Waals surface area (Å²) in [6.07, 6.45) is 3.86. The van der Waals surface area contributed by atoms with E-state index in [0.29, 0.717) is 36.7 Å². The fourth-order valence-electron chi connectivity index (χ4n) is 4.50. The summed E-state index contributed by atoms with van der Waals surface area (Å²) in [6, 6.07) is 27.6. The summed E-state index contributed by atoms with van der Waals surface area (Å²) in [7, 11) is 0. The molecule has 0 bridgehead atoms. The van der Waals surface area contributed by atoms with Crippen LogP contribution in [0.15, 0.2) is 95.9 Å². The number of unbranched alkanes of at least 4 members (excludes halogenated alkanes) is 1. The highest BCUT2D eigenvalue weighted by Crippen LogP contribution is 2.30. The van der Waals surface area contributed by atoms with Crippen molar-refractivity contribution in [1.82, 2.24) is 25.2 Å². The van der Waals surface area contributed by atoms with E-state index >= 15 is 0 Å². The lowest BCUT2D eigenvalue weighted by molar-refractivity contribution is -0.116. The number of nitrogens with zero attached hydrogens (tertiary/aromatic N) is 4. The van der Waals surface area contributed by atoms with E-state index in [1.807, 2.05) is 85.8 Å². The van der Waals surface area contributed by atoms with E-state index in [4.69, 9.17) is 0 Å². The first-order valence-corrected chi connectivity index (χ1v) is 13.4. The Bertz CT molecular complexity index is 1610. The molecule has 0 aliphatic rings. The van der Waals surface area contributed by atoms with Gasteiger partial charge >= 0.3 is 0 Å². The molecule has 0 saturated heterocycles. The summed E-state index contributed by atoms with van der Waals surface area (Å²) < 4.78 is 1.65. The molecule has 1 amide bonds. The molecule has 0 unspecified atom stereocenters. The number of hydrogen-bond acceptors (Lipinski definition) is 6. The van der Waals surface area contributed by atoms with Gasteiger partial charge in [-0.05, 0) is 40.0 Å². The molecule has 0 fully saturated rings. The molecule has 0 aliphatic heterocycles. The van der Waals surface area contributed by atoms with E-state index in [0.717, 1.165) is 40.7 Å². The van der Waals surface area contributed by atoms with Crippen molar-refractivity contribution in [3.63, 3.8) is 0 Å². The van der Waals surface area contributed by atoms with Crippen molar-refractivity contribution in [2.75, 3.05) is 10.6 Å². The molecule has 2 heterocycles. The predicted molar refractivity (Wildman–Crippen MR) is 157 cm³/mol. The average Bonchev–Trinajstić information content (AvgIpc) is 3.53. The van der Waals surface area contributed by atoms with Crippen molar-refractivity contribution in [2.45, 2.75) is 39.3 Å². The Kier molecular flexibility index (Phi) is 8.41. The normalized spacial score (nSPS) is 10.8. The molecule has 5 aromatic rings. The van der Waals surface area contributed by atoms with Gasteiger partial charge in [-0.3, -0.25) is 9.59 Å². The molecule has 3 aromatic carbocycles. The van der Waals surface area contributed by atoms with E-state index in [-0.39, 0.29) is 11.5 Å². The maximum Gasteiger partial charge on any atom is 0.276 e. The van der Waals surface area contributed by atoms with Crippen LogP contribution in [0.25, 0.3) is 22.5 Å². The summed E-state index contributed by atoms with van der Waals surface area (Å²) in [5.41, 5.74) is 5.56. The van der Waals surface area contributed by atoms with Crippen LogP contribution in [0.2, 0.25) is 0 Å². The average molecular weight is 534 g/mol. The second kappa shape index (κ2) is 12.7. The number of anilines is 2. The zero-order valence-electron chi connectivity index (χ0n) is 22.3. The maximum absolute atomic E-state index is 13.5. The lowest BCUT2D eigenvalue weighted by Gasteiger charge is -2.16. The molecule has 3 N–H and O–H groups in total. The first-order chi connectivity index (χ1) is 19.6. The Labute approximate surface area is 232 Å². The Morgan fingerprint density at radius 1 is 0.900 bits per heavy atom. The molecule has 0 spiro atoms. The van der Waals surface area contributed by atoms with Crippen molar-refractivity contribution in [3.05, 3.63) is 113 Å². The summed E-state index contributed by atoms with van der Waals surface area (Å²) in [5.74, 6) is 0.431. The predicted octanol–water partition coefficient (Wildman–Crippen LogP) is 5.48. The Balaban J connectivity index is 1.37. The third-order valence-corrected chi connectivity index (χ3v) is 6.64. The highest BCUT2D eigenvalue weighted by Gasteiger charge is 2.14. The van der Waals surface area contributed by atoms with Crippen LogP contribution in [0.4, 0.5) is 11.4 Å². The number of aromatic nitrogens is 5. The number of benzene rings is 3. The number of carbonyl (C=O) groups excluding carboxylic acids is 1. The van der Waals surface area contributed by atoms with Crippen molar-refractivity contribution in [3.8, 4) is 22.5 Å². The van der Waals surface area contributed by atoms with Gasteiger partial charge < -0.3 is 15.2 Å². The standard InChI is InChI=1S/C31H31N7O2/c1-2-3-13-28(39)33-27-18-19-38(21-23-9-5-4-6-10-23)31(40)29(27)32-20-22-14-16-24(17-15-22)25-11-7-8-12-26(25)30-34-36-37-35-30/h4-12,14-19,32H,2-3,13,20-21H2,1H3,(H,33,39)(H,34,35,36,37). The third kappa shape index (κ3) is 6.32. The van der Waals surface area contributed by atoms with Crippen molar-refractivity contribution in [2.24, 2.45) is 0 Å². The number of tetrazole rings is 1. The molecular weight excluding hydrogens is 502 g/mol. The molecular formula is C31H31N7O2. The van der Waals surface area contributed by atoms with Crippen LogP contribution in [-0.4, -0.2) is 31.1 Å². The van der Waals surface area contributed by atoms with Gasteiger partial charge in [0.25, 0.3) is 5.56 Å². The van der Waals surface area contributed by atoms with Gasteiger partial charge in [0.2, 0.25) is 11.7 Å². The molecule has 2 aromatic heterocycles. The fourth-order valence-corrected chi connectivity index (χ4v) is 4.50. The van der Waals surface area contributed by atoms with E-state index < -0.39 is 0 Å². The molecule has 9 nitrogen and oxygen atoms in total. The smallest absolute Gasteiger partial charge is 0.276 e. The Morgan fingerprint density at radius 3 is 2.38 bits per heavy atom. The molecule has 0 radical (unpaired) electrons. The van der Waals surface area contributed by atoms with E-state index in [1.54, 1.807) is 16.8 Å². The number of rotatable bonds is 11. The first-order valence-electron chi connectivity index (χ1n) is 13.4. The van der Waals surface area contributed by atoms with E-state index in [1.165, 1.54) is 0 Å². The van der Waals surface area contributed by atoms with Crippen LogP contribution in [0.3, 0.4) is 0 Å². The van der Waals surface area contributed by atoms with Crippen LogP contribution in [0, 0.1) is 0 Å². The van der Waals surface area contributed by atoms with Gasteiger partial charge in [0.15, 0.2) is 0 Å². The number of hydrogen-bond donors (Lipinski definition) is 3. The largest absolute Gasteiger partial charge is 0.375 e. The number of pyridine rings is 1. The highest BCUT2D eigenvalue weighted by molar-refractivity contribution is 5.94. The topological polar surface area (TPSA) is 118 Å². The van der Waals surface area contributed by atoms with Crippen molar-refractivity contribution in [1.29, 1.82) is 0 Å². The number of nitrogens with one attached hydrogen (secondary N) is 3. The third-order valence-electron chi connectivity index (χ3n) is 6.64. The monoisotopic (exact) mass is 533 g/mol. The number of amides is 1. The Morgan fingerprint density at radius 2 is 1.65 bits per heavy atom. The van der Waals surface area contributed by atoms with Crippen LogP contribution in [0.5, 0.6) is 0 Å². The minimum absolute atomic E-state index is 0.102. The van der Waals surface area contributed by atoms with Gasteiger partial charge in [0.1, 0.15) is 5.69 Å². The van der Waals surface area contributed by atoms with Gasteiger partial charge in [0, 0.05) is 24.7 Å². The molecule has 9 heteroatoms. The molecule has 0 atom stereocenters. The maximum atomic E-state index is 13.5. The van der Waals surface area contributed by atoms with Crippen LogP contribution >= 0.6 is 0 Å². The molecule has 0 aliphatic carbocycles. The minimum atomic E-state index is -0.192. The minimum Gasteiger partial charge on any atom is -0.375 e. The second-order valence-electron chi connectivity index (χ2n) is 9.51. The van der Waals surface area contributed by atoms with Gasteiger partial charge in [-0.1, -0.05) is 92.2 Å². The zero-order valence-corrected chi connectivity index (χ0v) is 22.3. The number of H-pyrrole nitrogens is 1. The summed E-state index contributed by atoms with van der Waals surface area (Å²) in [5, 5.41) is 20.7. The van der Waals surface area contributed by atoms with Gasteiger partial charge in [-0.2, -0.15) is 5.21 Å². The Hall–Kier alpha value is -5.05. The van der Waals surface area contributed by atoms with Crippen molar-refractivity contribution < 1.29 is 4.79 Å². The van der Waals surface area contributed by atoms with Crippen molar-refractivity contribution >= 4 is 17.3 Å². The highest BCUT2D eigenvalue weighted by atomic mass is 16.2. The zero-order chi connectivity index (χ0) is 27.7. The van der Waals surface area contributed by atoms with Gasteiger partial charge in [-0.25, -0.2) is 0 Å². The number of carbonyl (C=O) groups is 1. The molecule has 40 heavy (non-hydrogen) atoms. The summed E-state index contributed by atoms with van der Waals surface area (Å²) in [4.78, 5) is 26.0.